The molecule has 0 aliphatic heterocycles. The molecule has 2 aromatic heterocycles. The summed E-state index contributed by atoms with van der Waals surface area (Å²) >= 11 is 1.26. The Bertz CT molecular complexity index is 999. The molecular formula is C24H34N4O5S. The summed E-state index contributed by atoms with van der Waals surface area (Å²) in [6.45, 7) is 7.53. The van der Waals surface area contributed by atoms with E-state index in [0.717, 1.165) is 38.5 Å². The molecule has 0 bridgehead atoms. The second kappa shape index (κ2) is 11.0. The van der Waals surface area contributed by atoms with E-state index >= 15 is 0 Å². The quantitative estimate of drug-likeness (QED) is 0.489. The number of hydrogen-bond acceptors (Lipinski definition) is 7. The van der Waals surface area contributed by atoms with Gasteiger partial charge in [-0.25, -0.2) is 9.78 Å². The average Bonchev–Trinajstić information content (AvgIpc) is 3.29. The number of nitrogens with zero attached hydrogens (tertiary/aromatic N) is 1. The minimum absolute atomic E-state index is 0.0830. The number of aryl methyl sites for hydroxylation is 1. The molecule has 3 amide bonds. The summed E-state index contributed by atoms with van der Waals surface area (Å²) in [6, 6.07) is 1.60. The van der Waals surface area contributed by atoms with E-state index in [1.165, 1.54) is 17.6 Å². The number of alkyl carbamates (subject to hydrolysis) is 1. The number of furan rings is 1. The second-order valence-electron chi connectivity index (χ2n) is 9.76. The van der Waals surface area contributed by atoms with Crippen molar-refractivity contribution < 1.29 is 23.5 Å². The standard InChI is InChI=1S/C24H34N4O5S/c1-16-18(9-12-32-16)20(30)27-21-26-17(14-34-21)13-19(29)25-15-24(10-7-5-6-8-11-24)28-22(31)33-23(2,3)4/h9,12,14H,5-8,10-11,13,15H2,1-4H3,(H,25,29)(H,28,31)(H,26,27,30). The van der Waals surface area contributed by atoms with E-state index in [1.807, 2.05) is 20.8 Å². The van der Waals surface area contributed by atoms with Gasteiger partial charge in [0.2, 0.25) is 5.91 Å². The first kappa shape index (κ1) is 25.7. The normalized spacial score (nSPS) is 15.8. The molecule has 0 spiro atoms. The third-order valence-corrected chi connectivity index (χ3v) is 6.47. The maximum atomic E-state index is 12.7. The van der Waals surface area contributed by atoms with E-state index < -0.39 is 17.2 Å². The Morgan fingerprint density at radius 2 is 1.88 bits per heavy atom. The summed E-state index contributed by atoms with van der Waals surface area (Å²) < 4.78 is 10.6. The Morgan fingerprint density at radius 1 is 1.18 bits per heavy atom. The van der Waals surface area contributed by atoms with Crippen LogP contribution in [0, 0.1) is 6.92 Å². The number of thiazole rings is 1. The molecule has 9 nitrogen and oxygen atoms in total. The van der Waals surface area contributed by atoms with Gasteiger partial charge in [-0.15, -0.1) is 11.3 Å². The highest BCUT2D eigenvalue weighted by molar-refractivity contribution is 7.14. The summed E-state index contributed by atoms with van der Waals surface area (Å²) in [4.78, 5) is 41.8. The van der Waals surface area contributed by atoms with E-state index in [-0.39, 0.29) is 18.2 Å². The first-order valence-electron chi connectivity index (χ1n) is 11.6. The highest BCUT2D eigenvalue weighted by Crippen LogP contribution is 2.27. The van der Waals surface area contributed by atoms with E-state index in [1.54, 1.807) is 18.4 Å². The van der Waals surface area contributed by atoms with Crippen molar-refractivity contribution >= 4 is 34.4 Å². The lowest BCUT2D eigenvalue weighted by Crippen LogP contribution is -2.56. The van der Waals surface area contributed by atoms with Crippen LogP contribution in [-0.2, 0) is 16.0 Å². The molecule has 1 fully saturated rings. The van der Waals surface area contributed by atoms with Gasteiger partial charge in [0.15, 0.2) is 5.13 Å². The van der Waals surface area contributed by atoms with Gasteiger partial charge in [-0.3, -0.25) is 14.9 Å². The number of carbonyl (C=O) groups excluding carboxylic acids is 3. The van der Waals surface area contributed by atoms with Gasteiger partial charge in [0.05, 0.1) is 29.5 Å². The molecule has 34 heavy (non-hydrogen) atoms. The number of amides is 3. The molecule has 1 aliphatic rings. The van der Waals surface area contributed by atoms with Crippen molar-refractivity contribution in [3.63, 3.8) is 0 Å². The lowest BCUT2D eigenvalue weighted by atomic mass is 9.90. The molecule has 186 valence electrons. The summed E-state index contributed by atoms with van der Waals surface area (Å²) in [5.41, 5.74) is -0.108. The topological polar surface area (TPSA) is 123 Å². The van der Waals surface area contributed by atoms with Crippen LogP contribution in [0.1, 0.15) is 81.1 Å². The first-order chi connectivity index (χ1) is 16.1. The van der Waals surface area contributed by atoms with Gasteiger partial charge in [-0.1, -0.05) is 25.7 Å². The number of carbonyl (C=O) groups is 3. The Labute approximate surface area is 204 Å². The van der Waals surface area contributed by atoms with Crippen LogP contribution >= 0.6 is 11.3 Å². The molecule has 0 radical (unpaired) electrons. The Hall–Kier alpha value is -2.88. The van der Waals surface area contributed by atoms with Crippen LogP contribution in [0.15, 0.2) is 22.1 Å². The summed E-state index contributed by atoms with van der Waals surface area (Å²) in [5, 5.41) is 10.9. The van der Waals surface area contributed by atoms with E-state index in [4.69, 9.17) is 9.15 Å². The van der Waals surface area contributed by atoms with Crippen LogP contribution in [0.5, 0.6) is 0 Å². The molecule has 2 heterocycles. The fourth-order valence-corrected chi connectivity index (χ4v) is 4.70. The summed E-state index contributed by atoms with van der Waals surface area (Å²) in [5.74, 6) is 0.0321. The average molecular weight is 491 g/mol. The molecule has 0 saturated heterocycles. The SMILES string of the molecule is Cc1occc1C(=O)Nc1nc(CC(=O)NCC2(NC(=O)OC(C)(C)C)CCCCCC2)cs1. The van der Waals surface area contributed by atoms with Crippen molar-refractivity contribution in [3.05, 3.63) is 34.7 Å². The third kappa shape index (κ3) is 7.58. The molecule has 1 saturated carbocycles. The third-order valence-electron chi connectivity index (χ3n) is 5.67. The lowest BCUT2D eigenvalue weighted by Gasteiger charge is -2.35. The Kier molecular flexibility index (Phi) is 8.35. The maximum Gasteiger partial charge on any atom is 0.408 e. The summed E-state index contributed by atoms with van der Waals surface area (Å²) in [6.07, 6.45) is 6.83. The van der Waals surface area contributed by atoms with Crippen LogP contribution in [0.4, 0.5) is 9.93 Å². The van der Waals surface area contributed by atoms with Crippen LogP contribution in [0.3, 0.4) is 0 Å². The number of ether oxygens (including phenoxy) is 1. The van der Waals surface area contributed by atoms with E-state index in [2.05, 4.69) is 20.9 Å². The van der Waals surface area contributed by atoms with Crippen LogP contribution in [0.2, 0.25) is 0 Å². The van der Waals surface area contributed by atoms with Gasteiger partial charge < -0.3 is 19.8 Å². The fraction of sp³-hybridized carbons (Fsp3) is 0.583. The van der Waals surface area contributed by atoms with Gasteiger partial charge in [0.1, 0.15) is 11.4 Å². The zero-order valence-corrected chi connectivity index (χ0v) is 21.1. The van der Waals surface area contributed by atoms with E-state index in [0.29, 0.717) is 28.7 Å². The molecule has 2 aromatic rings. The molecule has 10 heteroatoms. The highest BCUT2D eigenvalue weighted by Gasteiger charge is 2.34. The van der Waals surface area contributed by atoms with Gasteiger partial charge in [0, 0.05) is 11.9 Å². The fourth-order valence-electron chi connectivity index (χ4n) is 4.00. The smallest absolute Gasteiger partial charge is 0.408 e. The molecule has 3 rings (SSSR count). The van der Waals surface area contributed by atoms with E-state index in [9.17, 15) is 14.4 Å². The predicted molar refractivity (Wildman–Crippen MR) is 130 cm³/mol. The second-order valence-corrected chi connectivity index (χ2v) is 10.6. The van der Waals surface area contributed by atoms with Crippen LogP contribution in [-0.4, -0.2) is 40.6 Å². The molecule has 0 aromatic carbocycles. The van der Waals surface area contributed by atoms with Crippen molar-refractivity contribution in [3.8, 4) is 0 Å². The van der Waals surface area contributed by atoms with Crippen molar-refractivity contribution in [1.29, 1.82) is 0 Å². The predicted octanol–water partition coefficient (Wildman–Crippen LogP) is 4.57. The minimum Gasteiger partial charge on any atom is -0.469 e. The highest BCUT2D eigenvalue weighted by atomic mass is 32.1. The monoisotopic (exact) mass is 490 g/mol. The van der Waals surface area contributed by atoms with Gasteiger partial charge in [-0.05, 0) is 46.6 Å². The zero-order valence-electron chi connectivity index (χ0n) is 20.3. The maximum absolute atomic E-state index is 12.7. The van der Waals surface area contributed by atoms with Gasteiger partial charge in [-0.2, -0.15) is 0 Å². The van der Waals surface area contributed by atoms with Crippen molar-refractivity contribution in [2.75, 3.05) is 11.9 Å². The number of rotatable bonds is 7. The Morgan fingerprint density at radius 3 is 2.50 bits per heavy atom. The molecule has 0 atom stereocenters. The van der Waals surface area contributed by atoms with Crippen molar-refractivity contribution in [2.24, 2.45) is 0 Å². The Balaban J connectivity index is 1.56. The molecule has 3 N–H and O–H groups in total. The summed E-state index contributed by atoms with van der Waals surface area (Å²) in [7, 11) is 0. The number of aromatic nitrogens is 1. The molecule has 1 aliphatic carbocycles. The number of hydrogen-bond donors (Lipinski definition) is 3. The van der Waals surface area contributed by atoms with Crippen molar-refractivity contribution in [1.82, 2.24) is 15.6 Å². The van der Waals surface area contributed by atoms with Gasteiger partial charge >= 0.3 is 6.09 Å². The number of nitrogens with one attached hydrogen (secondary N) is 3. The first-order valence-corrected chi connectivity index (χ1v) is 12.5. The zero-order chi connectivity index (χ0) is 24.8. The largest absolute Gasteiger partial charge is 0.469 e. The van der Waals surface area contributed by atoms with Gasteiger partial charge in [0.25, 0.3) is 5.91 Å². The molecular weight excluding hydrogens is 456 g/mol. The van der Waals surface area contributed by atoms with Crippen LogP contribution < -0.4 is 16.0 Å². The van der Waals surface area contributed by atoms with Crippen LogP contribution in [0.25, 0.3) is 0 Å². The minimum atomic E-state index is -0.590. The molecule has 0 unspecified atom stereocenters. The lowest BCUT2D eigenvalue weighted by molar-refractivity contribution is -0.120. The van der Waals surface area contributed by atoms with Crippen molar-refractivity contribution in [2.45, 2.75) is 83.8 Å². The number of anilines is 1.